The van der Waals surface area contributed by atoms with Crippen LogP contribution in [-0.2, 0) is 11.3 Å². The van der Waals surface area contributed by atoms with Gasteiger partial charge in [0.2, 0.25) is 11.9 Å². The number of aromatic amines is 1. The van der Waals surface area contributed by atoms with Crippen LogP contribution >= 0.6 is 11.6 Å². The van der Waals surface area contributed by atoms with E-state index in [-0.39, 0.29) is 11.8 Å². The number of nitrogens with zero attached hydrogens (tertiary/aromatic N) is 2. The van der Waals surface area contributed by atoms with Gasteiger partial charge in [-0.15, -0.1) is 0 Å². The molecule has 1 aliphatic heterocycles. The fraction of sp³-hybridized carbons (Fsp3) is 0.300. The first kappa shape index (κ1) is 16.9. The average Bonchev–Trinajstić information content (AvgIpc) is 3.12. The third kappa shape index (κ3) is 3.68. The number of carbonyl (C=O) groups excluding carboxylic acids is 1. The van der Waals surface area contributed by atoms with E-state index in [2.05, 4.69) is 20.2 Å². The van der Waals surface area contributed by atoms with Gasteiger partial charge in [-0.3, -0.25) is 4.79 Å². The maximum atomic E-state index is 12.4. The number of piperidine rings is 1. The van der Waals surface area contributed by atoms with Gasteiger partial charge in [0.1, 0.15) is 0 Å². The Morgan fingerprint density at radius 1 is 1.15 bits per heavy atom. The van der Waals surface area contributed by atoms with E-state index >= 15 is 0 Å². The molecular weight excluding hydrogens is 348 g/mol. The summed E-state index contributed by atoms with van der Waals surface area (Å²) in [6.45, 7) is 2.21. The van der Waals surface area contributed by atoms with E-state index in [4.69, 9.17) is 11.6 Å². The molecule has 134 valence electrons. The Balaban J connectivity index is 1.31. The van der Waals surface area contributed by atoms with Crippen molar-refractivity contribution in [2.45, 2.75) is 19.4 Å². The van der Waals surface area contributed by atoms with Crippen LogP contribution in [0.4, 0.5) is 5.95 Å². The number of halogens is 1. The second kappa shape index (κ2) is 7.38. The van der Waals surface area contributed by atoms with Crippen LogP contribution < -0.4 is 10.2 Å². The molecule has 0 radical (unpaired) electrons. The molecule has 3 aromatic rings. The minimum absolute atomic E-state index is 0.0583. The summed E-state index contributed by atoms with van der Waals surface area (Å²) in [6.07, 6.45) is 1.67. The Bertz CT molecular complexity index is 865. The molecule has 2 aromatic carbocycles. The molecule has 0 aliphatic carbocycles. The molecule has 1 amide bonds. The van der Waals surface area contributed by atoms with Crippen molar-refractivity contribution in [1.29, 1.82) is 0 Å². The van der Waals surface area contributed by atoms with Crippen molar-refractivity contribution in [2.24, 2.45) is 5.92 Å². The molecule has 1 aromatic heterocycles. The van der Waals surface area contributed by atoms with E-state index < -0.39 is 0 Å². The third-order valence-corrected chi connectivity index (χ3v) is 5.17. The number of fused-ring (bicyclic) bond motifs is 1. The van der Waals surface area contributed by atoms with Crippen LogP contribution in [0.15, 0.2) is 48.5 Å². The number of benzene rings is 2. The van der Waals surface area contributed by atoms with Gasteiger partial charge in [0.05, 0.1) is 11.0 Å². The van der Waals surface area contributed by atoms with E-state index in [9.17, 15) is 4.79 Å². The van der Waals surface area contributed by atoms with Crippen molar-refractivity contribution in [1.82, 2.24) is 15.3 Å². The number of hydrogen-bond donors (Lipinski definition) is 2. The van der Waals surface area contributed by atoms with Crippen LogP contribution in [0.1, 0.15) is 18.4 Å². The zero-order chi connectivity index (χ0) is 17.9. The topological polar surface area (TPSA) is 61.0 Å². The molecule has 2 heterocycles. The lowest BCUT2D eigenvalue weighted by atomic mass is 9.96. The number of aromatic nitrogens is 2. The average molecular weight is 369 g/mol. The molecule has 26 heavy (non-hydrogen) atoms. The van der Waals surface area contributed by atoms with Crippen LogP contribution in [-0.4, -0.2) is 29.0 Å². The zero-order valence-electron chi connectivity index (χ0n) is 14.4. The number of hydrogen-bond acceptors (Lipinski definition) is 3. The molecule has 0 spiro atoms. The number of imidazole rings is 1. The van der Waals surface area contributed by atoms with Crippen molar-refractivity contribution in [3.05, 3.63) is 59.1 Å². The van der Waals surface area contributed by atoms with Gasteiger partial charge in [-0.1, -0.05) is 35.9 Å². The van der Waals surface area contributed by atoms with Crippen LogP contribution in [0.5, 0.6) is 0 Å². The maximum absolute atomic E-state index is 12.4. The number of H-pyrrole nitrogens is 1. The highest BCUT2D eigenvalue weighted by atomic mass is 35.5. The normalized spacial score (nSPS) is 15.3. The Labute approximate surface area is 157 Å². The number of rotatable bonds is 4. The Morgan fingerprint density at radius 3 is 2.62 bits per heavy atom. The molecule has 1 saturated heterocycles. The SMILES string of the molecule is O=C(NCc1ccc(Cl)cc1)C1CCN(c2nc3ccccc3[nH]2)CC1. The largest absolute Gasteiger partial charge is 0.352 e. The predicted octanol–water partition coefficient (Wildman–Crippen LogP) is 3.75. The molecule has 1 fully saturated rings. The van der Waals surface area contributed by atoms with Gasteiger partial charge < -0.3 is 15.2 Å². The van der Waals surface area contributed by atoms with Crippen molar-refractivity contribution < 1.29 is 4.79 Å². The molecule has 5 nitrogen and oxygen atoms in total. The number of anilines is 1. The van der Waals surface area contributed by atoms with Crippen molar-refractivity contribution in [3.63, 3.8) is 0 Å². The Hall–Kier alpha value is -2.53. The summed E-state index contributed by atoms with van der Waals surface area (Å²) in [7, 11) is 0. The van der Waals surface area contributed by atoms with Crippen molar-refractivity contribution in [3.8, 4) is 0 Å². The summed E-state index contributed by atoms with van der Waals surface area (Å²) in [4.78, 5) is 22.7. The Kier molecular flexibility index (Phi) is 4.80. The van der Waals surface area contributed by atoms with Gasteiger partial charge in [-0.25, -0.2) is 4.98 Å². The quantitative estimate of drug-likeness (QED) is 0.737. The molecule has 1 aliphatic rings. The Morgan fingerprint density at radius 2 is 1.88 bits per heavy atom. The van der Waals surface area contributed by atoms with Gasteiger partial charge in [0.15, 0.2) is 0 Å². The summed E-state index contributed by atoms with van der Waals surface area (Å²) < 4.78 is 0. The van der Waals surface area contributed by atoms with Crippen LogP contribution in [0, 0.1) is 5.92 Å². The number of para-hydroxylation sites is 2. The van der Waals surface area contributed by atoms with Gasteiger partial charge >= 0.3 is 0 Å². The second-order valence-electron chi connectivity index (χ2n) is 6.68. The first-order valence-corrected chi connectivity index (χ1v) is 9.29. The number of carbonyl (C=O) groups is 1. The van der Waals surface area contributed by atoms with Crippen molar-refractivity contribution in [2.75, 3.05) is 18.0 Å². The number of amides is 1. The highest BCUT2D eigenvalue weighted by molar-refractivity contribution is 6.30. The van der Waals surface area contributed by atoms with E-state index in [1.165, 1.54) is 0 Å². The molecule has 0 unspecified atom stereocenters. The smallest absolute Gasteiger partial charge is 0.223 e. The van der Waals surface area contributed by atoms with E-state index in [1.807, 2.05) is 48.5 Å². The molecule has 0 atom stereocenters. The van der Waals surface area contributed by atoms with Crippen LogP contribution in [0.25, 0.3) is 11.0 Å². The minimum atomic E-state index is 0.0583. The zero-order valence-corrected chi connectivity index (χ0v) is 15.2. The summed E-state index contributed by atoms with van der Waals surface area (Å²) >= 11 is 5.89. The summed E-state index contributed by atoms with van der Waals surface area (Å²) in [5.74, 6) is 1.08. The minimum Gasteiger partial charge on any atom is -0.352 e. The fourth-order valence-corrected chi connectivity index (χ4v) is 3.50. The lowest BCUT2D eigenvalue weighted by Gasteiger charge is -2.31. The number of nitrogens with one attached hydrogen (secondary N) is 2. The molecule has 0 saturated carbocycles. The van der Waals surface area contributed by atoms with Gasteiger partial charge in [0, 0.05) is 30.6 Å². The third-order valence-electron chi connectivity index (χ3n) is 4.92. The van der Waals surface area contributed by atoms with Crippen molar-refractivity contribution >= 4 is 34.5 Å². The monoisotopic (exact) mass is 368 g/mol. The fourth-order valence-electron chi connectivity index (χ4n) is 3.38. The molecule has 2 N–H and O–H groups in total. The van der Waals surface area contributed by atoms with Crippen LogP contribution in [0.3, 0.4) is 0 Å². The van der Waals surface area contributed by atoms with Gasteiger partial charge in [-0.2, -0.15) is 0 Å². The molecular formula is C20H21ClN4O. The van der Waals surface area contributed by atoms with E-state index in [1.54, 1.807) is 0 Å². The lowest BCUT2D eigenvalue weighted by Crippen LogP contribution is -2.40. The van der Waals surface area contributed by atoms with Gasteiger partial charge in [-0.05, 0) is 42.7 Å². The van der Waals surface area contributed by atoms with Crippen LogP contribution in [0.2, 0.25) is 5.02 Å². The standard InChI is InChI=1S/C20H21ClN4O/c21-16-7-5-14(6-8-16)13-22-19(26)15-9-11-25(12-10-15)20-23-17-3-1-2-4-18(17)24-20/h1-8,15H,9-13H2,(H,22,26)(H,23,24). The first-order valence-electron chi connectivity index (χ1n) is 8.91. The van der Waals surface area contributed by atoms with Gasteiger partial charge in [0.25, 0.3) is 0 Å². The molecule has 0 bridgehead atoms. The maximum Gasteiger partial charge on any atom is 0.223 e. The molecule has 4 rings (SSSR count). The molecule has 6 heteroatoms. The summed E-state index contributed by atoms with van der Waals surface area (Å²) in [5.41, 5.74) is 3.08. The van der Waals surface area contributed by atoms with E-state index in [0.717, 1.165) is 48.5 Å². The summed E-state index contributed by atoms with van der Waals surface area (Å²) in [5, 5.41) is 3.75. The second-order valence-corrected chi connectivity index (χ2v) is 7.12. The first-order chi connectivity index (χ1) is 12.7. The highest BCUT2D eigenvalue weighted by Crippen LogP contribution is 2.23. The van der Waals surface area contributed by atoms with E-state index in [0.29, 0.717) is 11.6 Å². The lowest BCUT2D eigenvalue weighted by molar-refractivity contribution is -0.125. The highest BCUT2D eigenvalue weighted by Gasteiger charge is 2.26. The summed E-state index contributed by atoms with van der Waals surface area (Å²) in [6, 6.07) is 15.6. The predicted molar refractivity (Wildman–Crippen MR) is 104 cm³/mol.